The Morgan fingerprint density at radius 2 is 2.19 bits per heavy atom. The van der Waals surface area contributed by atoms with Crippen LogP contribution in [-0.4, -0.2) is 18.2 Å². The molecule has 0 unspecified atom stereocenters. The number of rotatable bonds is 3. The Kier molecular flexibility index (Phi) is 4.47. The van der Waals surface area contributed by atoms with E-state index in [1.165, 1.54) is 7.11 Å². The highest BCUT2D eigenvalue weighted by molar-refractivity contribution is 9.10. The maximum atomic E-state index is 11.1. The lowest BCUT2D eigenvalue weighted by Crippen LogP contribution is -2.06. The smallest absolute Gasteiger partial charge is 0.310 e. The molecule has 0 heterocycles. The summed E-state index contributed by atoms with van der Waals surface area (Å²) in [6.45, 7) is -0.208. The van der Waals surface area contributed by atoms with Crippen molar-refractivity contribution in [2.24, 2.45) is 0 Å². The lowest BCUT2D eigenvalue weighted by molar-refractivity contribution is -0.139. The Bertz CT molecular complexity index is 451. The molecule has 0 fully saturated rings. The summed E-state index contributed by atoms with van der Waals surface area (Å²) in [6, 6.07) is 5.30. The highest BCUT2D eigenvalue weighted by atomic mass is 79.9. The van der Waals surface area contributed by atoms with Crippen molar-refractivity contribution < 1.29 is 14.6 Å². The van der Waals surface area contributed by atoms with E-state index in [0.717, 1.165) is 0 Å². The van der Waals surface area contributed by atoms with Crippen molar-refractivity contribution in [2.45, 2.75) is 13.0 Å². The van der Waals surface area contributed by atoms with Crippen molar-refractivity contribution in [1.82, 2.24) is 0 Å². The minimum Gasteiger partial charge on any atom is -0.469 e. The fraction of sp³-hybridized carbons (Fsp3) is 0.273. The molecule has 84 valence electrons. The van der Waals surface area contributed by atoms with Crippen LogP contribution in [0.25, 0.3) is 0 Å². The first-order valence-corrected chi connectivity index (χ1v) is 5.31. The summed E-state index contributed by atoms with van der Waals surface area (Å²) in [5.41, 5.74) is 1.55. The maximum absolute atomic E-state index is 11.1. The van der Waals surface area contributed by atoms with Gasteiger partial charge in [0.15, 0.2) is 0 Å². The zero-order valence-electron chi connectivity index (χ0n) is 8.66. The molecule has 16 heavy (non-hydrogen) atoms. The summed E-state index contributed by atoms with van der Waals surface area (Å²) in [4.78, 5) is 11.1. The van der Waals surface area contributed by atoms with Crippen LogP contribution >= 0.6 is 15.9 Å². The lowest BCUT2D eigenvalue weighted by Gasteiger charge is -2.08. The third-order valence-corrected chi connectivity index (χ3v) is 3.06. The number of hydrogen-bond acceptors (Lipinski definition) is 4. The second-order valence-electron chi connectivity index (χ2n) is 3.10. The van der Waals surface area contributed by atoms with Gasteiger partial charge < -0.3 is 9.84 Å². The van der Waals surface area contributed by atoms with Crippen molar-refractivity contribution in [3.63, 3.8) is 0 Å². The summed E-state index contributed by atoms with van der Waals surface area (Å²) in [7, 11) is 1.31. The SMILES string of the molecule is COC(=O)Cc1ccc(CO)c(C#N)c1Br. The first kappa shape index (κ1) is 12.7. The number of halogens is 1. The summed E-state index contributed by atoms with van der Waals surface area (Å²) in [5, 5.41) is 18.0. The van der Waals surface area contributed by atoms with Gasteiger partial charge in [0, 0.05) is 4.47 Å². The number of benzene rings is 1. The number of nitrogens with zero attached hydrogens (tertiary/aromatic N) is 1. The van der Waals surface area contributed by atoms with E-state index in [4.69, 9.17) is 10.4 Å². The molecule has 1 N–H and O–H groups in total. The maximum Gasteiger partial charge on any atom is 0.310 e. The Hall–Kier alpha value is -1.38. The molecule has 0 amide bonds. The first-order valence-electron chi connectivity index (χ1n) is 4.52. The monoisotopic (exact) mass is 283 g/mol. The normalized spacial score (nSPS) is 9.62. The second kappa shape index (κ2) is 5.64. The molecule has 0 saturated carbocycles. The van der Waals surface area contributed by atoms with Gasteiger partial charge in [0.25, 0.3) is 0 Å². The van der Waals surface area contributed by atoms with Gasteiger partial charge >= 0.3 is 5.97 Å². The number of ether oxygens (including phenoxy) is 1. The topological polar surface area (TPSA) is 70.3 Å². The van der Waals surface area contributed by atoms with Gasteiger partial charge in [-0.05, 0) is 27.1 Å². The summed E-state index contributed by atoms with van der Waals surface area (Å²) in [5.74, 6) is -0.374. The van der Waals surface area contributed by atoms with Crippen molar-refractivity contribution in [3.05, 3.63) is 33.3 Å². The molecule has 0 saturated heterocycles. The molecule has 0 aromatic heterocycles. The Labute approximate surface area is 102 Å². The summed E-state index contributed by atoms with van der Waals surface area (Å²) in [6.07, 6.45) is 0.0947. The van der Waals surface area contributed by atoms with Crippen molar-refractivity contribution in [3.8, 4) is 6.07 Å². The molecule has 1 aromatic carbocycles. The third kappa shape index (κ3) is 2.60. The molecule has 0 spiro atoms. The van der Waals surface area contributed by atoms with E-state index in [1.807, 2.05) is 6.07 Å². The van der Waals surface area contributed by atoms with E-state index in [9.17, 15) is 4.79 Å². The Morgan fingerprint density at radius 3 is 2.69 bits per heavy atom. The Balaban J connectivity index is 3.15. The summed E-state index contributed by atoms with van der Waals surface area (Å²) >= 11 is 3.25. The van der Waals surface area contributed by atoms with E-state index in [-0.39, 0.29) is 19.0 Å². The number of aliphatic hydroxyl groups excluding tert-OH is 1. The first-order chi connectivity index (χ1) is 7.63. The van der Waals surface area contributed by atoms with Crippen LogP contribution in [0.2, 0.25) is 0 Å². The average molecular weight is 284 g/mol. The molecule has 0 radical (unpaired) electrons. The number of methoxy groups -OCH3 is 1. The van der Waals surface area contributed by atoms with E-state index in [1.54, 1.807) is 12.1 Å². The molecule has 0 atom stereocenters. The number of carbonyl (C=O) groups is 1. The van der Waals surface area contributed by atoms with Crippen LogP contribution < -0.4 is 0 Å². The van der Waals surface area contributed by atoms with Crippen LogP contribution in [0.3, 0.4) is 0 Å². The predicted octanol–water partition coefficient (Wildman–Crippen LogP) is 1.53. The molecular formula is C11H10BrNO3. The van der Waals surface area contributed by atoms with Crippen LogP contribution in [0.1, 0.15) is 16.7 Å². The fourth-order valence-corrected chi connectivity index (χ4v) is 1.89. The molecule has 0 aliphatic rings. The van der Waals surface area contributed by atoms with Gasteiger partial charge in [0.1, 0.15) is 6.07 Å². The molecular weight excluding hydrogens is 274 g/mol. The predicted molar refractivity (Wildman–Crippen MR) is 60.5 cm³/mol. The van der Waals surface area contributed by atoms with Crippen molar-refractivity contribution >= 4 is 21.9 Å². The number of aliphatic hydroxyl groups is 1. The molecule has 1 aromatic rings. The highest BCUT2D eigenvalue weighted by Crippen LogP contribution is 2.25. The van der Waals surface area contributed by atoms with Crippen molar-refractivity contribution in [2.75, 3.05) is 7.11 Å². The minimum absolute atomic E-state index is 0.0947. The molecule has 0 aliphatic carbocycles. The van der Waals surface area contributed by atoms with Crippen LogP contribution in [0.5, 0.6) is 0 Å². The van der Waals surface area contributed by atoms with Crippen molar-refractivity contribution in [1.29, 1.82) is 5.26 Å². The van der Waals surface area contributed by atoms with Crippen LogP contribution in [0, 0.1) is 11.3 Å². The third-order valence-electron chi connectivity index (χ3n) is 2.15. The minimum atomic E-state index is -0.374. The standard InChI is InChI=1S/C11H10BrNO3/c1-16-10(15)4-7-2-3-8(6-14)9(5-13)11(7)12/h2-3,14H,4,6H2,1H3. The number of nitriles is 1. The van der Waals surface area contributed by atoms with E-state index < -0.39 is 0 Å². The second-order valence-corrected chi connectivity index (χ2v) is 3.89. The molecule has 0 aliphatic heterocycles. The lowest BCUT2D eigenvalue weighted by atomic mass is 10.0. The molecule has 1 rings (SSSR count). The van der Waals surface area contributed by atoms with Gasteiger partial charge in [-0.3, -0.25) is 4.79 Å². The van der Waals surface area contributed by atoms with E-state index in [0.29, 0.717) is 21.2 Å². The highest BCUT2D eigenvalue weighted by Gasteiger charge is 2.13. The average Bonchev–Trinajstić information content (AvgIpc) is 2.31. The molecule has 4 nitrogen and oxygen atoms in total. The zero-order valence-corrected chi connectivity index (χ0v) is 10.2. The van der Waals surface area contributed by atoms with Crippen LogP contribution in [-0.2, 0) is 22.6 Å². The quantitative estimate of drug-likeness (QED) is 0.854. The van der Waals surface area contributed by atoms with Gasteiger partial charge in [-0.25, -0.2) is 0 Å². The number of carbonyl (C=O) groups excluding carboxylic acids is 1. The zero-order chi connectivity index (χ0) is 12.1. The van der Waals surface area contributed by atoms with E-state index >= 15 is 0 Å². The molecule has 0 bridgehead atoms. The largest absolute Gasteiger partial charge is 0.469 e. The van der Waals surface area contributed by atoms with Gasteiger partial charge in [-0.15, -0.1) is 0 Å². The van der Waals surface area contributed by atoms with E-state index in [2.05, 4.69) is 20.7 Å². The molecule has 5 heteroatoms. The van der Waals surface area contributed by atoms with Crippen LogP contribution in [0.4, 0.5) is 0 Å². The number of esters is 1. The van der Waals surface area contributed by atoms with Gasteiger partial charge in [0.2, 0.25) is 0 Å². The Morgan fingerprint density at radius 1 is 1.56 bits per heavy atom. The van der Waals surface area contributed by atoms with Gasteiger partial charge in [-0.2, -0.15) is 5.26 Å². The van der Waals surface area contributed by atoms with Gasteiger partial charge in [0.05, 0.1) is 25.7 Å². The number of hydrogen-bond donors (Lipinski definition) is 1. The fourth-order valence-electron chi connectivity index (χ4n) is 1.28. The summed E-state index contributed by atoms with van der Waals surface area (Å²) < 4.78 is 5.08. The van der Waals surface area contributed by atoms with Crippen LogP contribution in [0.15, 0.2) is 16.6 Å². The van der Waals surface area contributed by atoms with Gasteiger partial charge in [-0.1, -0.05) is 12.1 Å².